The van der Waals surface area contributed by atoms with Gasteiger partial charge in [0.1, 0.15) is 0 Å². The Morgan fingerprint density at radius 1 is 2.00 bits per heavy atom. The molecule has 1 nitrogen and oxygen atoms in total. The Bertz CT molecular complexity index is 45.3. The molecule has 2 heteroatoms. The van der Waals surface area contributed by atoms with Gasteiger partial charge >= 0.3 is 39.0 Å². The van der Waals surface area contributed by atoms with Crippen LogP contribution in [0.5, 0.6) is 0 Å². The fraction of sp³-hybridized carbons (Fsp3) is 0.667. The van der Waals surface area contributed by atoms with Crippen molar-refractivity contribution in [3.05, 3.63) is 0 Å². The molecule has 5 heavy (non-hydrogen) atoms. The Morgan fingerprint density at radius 3 is 2.60 bits per heavy atom. The van der Waals surface area contributed by atoms with Gasteiger partial charge in [0, 0.05) is 0 Å². The van der Waals surface area contributed by atoms with Crippen LogP contribution >= 0.6 is 0 Å². The van der Waals surface area contributed by atoms with Crippen molar-refractivity contribution in [1.82, 2.24) is 0 Å². The molecule has 0 saturated carbocycles. The van der Waals surface area contributed by atoms with Gasteiger partial charge in [0.05, 0.1) is 0 Å². The van der Waals surface area contributed by atoms with E-state index in [1.54, 1.807) is 0 Å². The van der Waals surface area contributed by atoms with Crippen LogP contribution in [0.15, 0.2) is 0 Å². The van der Waals surface area contributed by atoms with Gasteiger partial charge in [0.2, 0.25) is 0 Å². The van der Waals surface area contributed by atoms with Crippen molar-refractivity contribution in [2.45, 2.75) is 11.9 Å². The maximum atomic E-state index is 7.90. The molecular weight excluding hydrogens is 115 g/mol. The van der Waals surface area contributed by atoms with Crippen molar-refractivity contribution in [3.8, 4) is 4.66 Å². The zero-order chi connectivity index (χ0) is 4.12. The number of hydrogen-bond acceptors (Lipinski definition) is 1. The van der Waals surface area contributed by atoms with Gasteiger partial charge < -0.3 is 0 Å². The van der Waals surface area contributed by atoms with Crippen LogP contribution in [0.3, 0.4) is 0 Å². The molecule has 0 spiro atoms. The first-order valence-corrected chi connectivity index (χ1v) is 5.37. The molecule has 0 heterocycles. The Labute approximate surface area is 39.6 Å². The maximum absolute atomic E-state index is 7.90. The van der Waals surface area contributed by atoms with Crippen LogP contribution in [-0.2, 0) is 17.1 Å². The van der Waals surface area contributed by atoms with Gasteiger partial charge in [0.15, 0.2) is 0 Å². The summed E-state index contributed by atoms with van der Waals surface area (Å²) < 4.78 is 2.20. The summed E-state index contributed by atoms with van der Waals surface area (Å²) in [6.07, 6.45) is 0. The molecule has 0 aromatic heterocycles. The van der Waals surface area contributed by atoms with Crippen molar-refractivity contribution >= 4 is 0 Å². The van der Waals surface area contributed by atoms with Crippen molar-refractivity contribution in [2.24, 2.45) is 0 Å². The van der Waals surface area contributed by atoms with Crippen LogP contribution in [0.2, 0.25) is 5.02 Å². The molecule has 0 bridgehead atoms. The van der Waals surface area contributed by atoms with Crippen LogP contribution in [0.25, 0.3) is 0 Å². The van der Waals surface area contributed by atoms with E-state index < -0.39 is 17.1 Å². The van der Waals surface area contributed by atoms with E-state index in [1.165, 1.54) is 5.02 Å². The van der Waals surface area contributed by atoms with E-state index in [9.17, 15) is 0 Å². The molecule has 0 amide bonds. The number of nitrogens with zero attached hydrogens (tertiary/aromatic N) is 1. The zero-order valence-electron chi connectivity index (χ0n) is 3.36. The average Bonchev–Trinajstić information content (AvgIpc) is 1.41. The summed E-state index contributed by atoms with van der Waals surface area (Å²) in [5.41, 5.74) is 0. The van der Waals surface area contributed by atoms with Gasteiger partial charge in [0.25, 0.3) is 0 Å². The van der Waals surface area contributed by atoms with Crippen molar-refractivity contribution in [1.29, 1.82) is 5.26 Å². The molecule has 24 valence electrons. The summed E-state index contributed by atoms with van der Waals surface area (Å²) in [6.45, 7) is 2.07. The molecule has 0 aliphatic heterocycles. The second kappa shape index (κ2) is 4.11. The molecule has 0 aliphatic carbocycles. The van der Waals surface area contributed by atoms with E-state index in [0.717, 1.165) is 0 Å². The molecule has 0 aliphatic rings. The summed E-state index contributed by atoms with van der Waals surface area (Å²) in [7, 11) is 0. The minimum atomic E-state index is -0.597. The standard InChI is InChI=1S/C2H5.CN.Zn/c2*1-2;/h1H2,2H3;;. The summed E-state index contributed by atoms with van der Waals surface area (Å²) in [6, 6.07) is 0. The van der Waals surface area contributed by atoms with Crippen LogP contribution in [0.1, 0.15) is 6.92 Å². The molecule has 0 atom stereocenters. The summed E-state index contributed by atoms with van der Waals surface area (Å²) >= 11 is -0.597. The molecule has 0 radical (unpaired) electrons. The first kappa shape index (κ1) is 5.11. The van der Waals surface area contributed by atoms with E-state index in [4.69, 9.17) is 5.26 Å². The van der Waals surface area contributed by atoms with Crippen LogP contribution in [-0.4, -0.2) is 0 Å². The molecule has 0 fully saturated rings. The third-order valence-electron chi connectivity index (χ3n) is 0.362. The van der Waals surface area contributed by atoms with E-state index in [0.29, 0.717) is 0 Å². The number of rotatable bonds is 1. The van der Waals surface area contributed by atoms with Crippen LogP contribution in [0.4, 0.5) is 0 Å². The molecule has 0 aromatic rings. The van der Waals surface area contributed by atoms with E-state index in [2.05, 4.69) is 11.6 Å². The molecule has 0 unspecified atom stereocenters. The first-order chi connectivity index (χ1) is 2.41. The van der Waals surface area contributed by atoms with Crippen molar-refractivity contribution < 1.29 is 17.1 Å². The van der Waals surface area contributed by atoms with E-state index >= 15 is 0 Å². The number of hydrogen-bond donors (Lipinski definition) is 0. The van der Waals surface area contributed by atoms with Crippen LogP contribution < -0.4 is 0 Å². The van der Waals surface area contributed by atoms with Gasteiger partial charge in [-0.3, -0.25) is 0 Å². The second-order valence-electron chi connectivity index (χ2n) is 0.908. The first-order valence-electron chi connectivity index (χ1n) is 1.78. The monoisotopic (exact) mass is 119 g/mol. The summed E-state index contributed by atoms with van der Waals surface area (Å²) in [5.74, 6) is 0. The van der Waals surface area contributed by atoms with Crippen molar-refractivity contribution in [2.75, 3.05) is 0 Å². The Morgan fingerprint density at radius 2 is 2.60 bits per heavy atom. The Kier molecular flexibility index (Phi) is 4.21. The Balaban J connectivity index is 2.48. The molecule has 0 aromatic carbocycles. The predicted molar refractivity (Wildman–Crippen MR) is 16.1 cm³/mol. The average molecular weight is 120 g/mol. The fourth-order valence-electron chi connectivity index (χ4n) is 0.112. The van der Waals surface area contributed by atoms with Gasteiger partial charge in [-0.15, -0.1) is 0 Å². The van der Waals surface area contributed by atoms with Gasteiger partial charge in [-0.05, 0) is 0 Å². The third kappa shape index (κ3) is 4.11. The Hall–Kier alpha value is 0.113. The molecule has 0 N–H and O–H groups in total. The molecule has 0 saturated heterocycles. The molecular formula is C3H5NZn. The zero-order valence-corrected chi connectivity index (χ0v) is 6.33. The SMILES string of the molecule is C[CH2][Zn][C]#N. The van der Waals surface area contributed by atoms with Gasteiger partial charge in [-0.1, -0.05) is 0 Å². The third-order valence-corrected chi connectivity index (χ3v) is 1.88. The molecule has 0 rings (SSSR count). The van der Waals surface area contributed by atoms with Crippen molar-refractivity contribution in [3.63, 3.8) is 0 Å². The fourth-order valence-corrected chi connectivity index (χ4v) is 0.581. The number of nitriles is 1. The van der Waals surface area contributed by atoms with E-state index in [-0.39, 0.29) is 0 Å². The predicted octanol–water partition coefficient (Wildman–Crippen LogP) is 0.988. The van der Waals surface area contributed by atoms with Gasteiger partial charge in [-0.2, -0.15) is 0 Å². The summed E-state index contributed by atoms with van der Waals surface area (Å²) in [5, 5.41) is 9.07. The quantitative estimate of drug-likeness (QED) is 0.474. The second-order valence-corrected chi connectivity index (χ2v) is 4.72. The van der Waals surface area contributed by atoms with Gasteiger partial charge in [-0.25, -0.2) is 0 Å². The minimum absolute atomic E-state index is 0.597. The van der Waals surface area contributed by atoms with E-state index in [1.807, 2.05) is 0 Å². The normalized spacial score (nSPS) is 4.80. The van der Waals surface area contributed by atoms with Crippen LogP contribution in [0, 0.1) is 9.93 Å². The topological polar surface area (TPSA) is 23.8 Å². The summed E-state index contributed by atoms with van der Waals surface area (Å²) in [4.78, 5) is 0.